The number of nitrogens with zero attached hydrogens (tertiary/aromatic N) is 1. The second-order valence-corrected chi connectivity index (χ2v) is 7.53. The van der Waals surface area contributed by atoms with Gasteiger partial charge in [0.2, 0.25) is 10.0 Å². The highest BCUT2D eigenvalue weighted by Gasteiger charge is 2.33. The van der Waals surface area contributed by atoms with Gasteiger partial charge in [-0.3, -0.25) is 0 Å². The van der Waals surface area contributed by atoms with Crippen LogP contribution in [-0.4, -0.2) is 38.0 Å². The van der Waals surface area contributed by atoms with Crippen LogP contribution in [0.25, 0.3) is 0 Å². The average molecular weight is 319 g/mol. The summed E-state index contributed by atoms with van der Waals surface area (Å²) in [6, 6.07) is 3.01. The number of ether oxygens (including phenoxy) is 1. The lowest BCUT2D eigenvalue weighted by Crippen LogP contribution is -2.48. The molecule has 1 heterocycles. The summed E-state index contributed by atoms with van der Waals surface area (Å²) in [5, 5.41) is 0.366. The van der Waals surface area contributed by atoms with Crippen molar-refractivity contribution in [2.75, 3.05) is 18.8 Å². The number of nitrogen functional groups attached to an aromatic ring is 1. The van der Waals surface area contributed by atoms with Crippen molar-refractivity contribution in [3.05, 3.63) is 22.7 Å². The maximum Gasteiger partial charge on any atom is 0.243 e. The highest BCUT2D eigenvalue weighted by molar-refractivity contribution is 7.89. The first-order valence-corrected chi connectivity index (χ1v) is 8.25. The monoisotopic (exact) mass is 318 g/mol. The lowest BCUT2D eigenvalue weighted by Gasteiger charge is -2.34. The molecule has 5 nitrogen and oxygen atoms in total. The topological polar surface area (TPSA) is 72.6 Å². The van der Waals surface area contributed by atoms with Crippen LogP contribution < -0.4 is 5.73 Å². The summed E-state index contributed by atoms with van der Waals surface area (Å²) in [5.74, 6) is 0. The molecule has 1 aliphatic heterocycles. The molecule has 2 atom stereocenters. The number of rotatable bonds is 2. The minimum Gasteiger partial charge on any atom is -0.397 e. The molecule has 112 valence electrons. The van der Waals surface area contributed by atoms with Gasteiger partial charge in [-0.2, -0.15) is 4.31 Å². The Hall–Kier alpha value is -0.820. The fraction of sp³-hybridized carbons (Fsp3) is 0.538. The predicted molar refractivity (Wildman–Crippen MR) is 79.4 cm³/mol. The number of sulfonamides is 1. The van der Waals surface area contributed by atoms with Gasteiger partial charge in [0, 0.05) is 13.1 Å². The Morgan fingerprint density at radius 3 is 2.40 bits per heavy atom. The Morgan fingerprint density at radius 1 is 1.30 bits per heavy atom. The van der Waals surface area contributed by atoms with Crippen molar-refractivity contribution in [3.8, 4) is 0 Å². The normalized spacial score (nSPS) is 24.8. The van der Waals surface area contributed by atoms with Crippen LogP contribution in [0.15, 0.2) is 17.0 Å². The molecule has 1 fully saturated rings. The zero-order valence-electron chi connectivity index (χ0n) is 11.8. The Morgan fingerprint density at radius 2 is 1.85 bits per heavy atom. The zero-order chi connectivity index (χ0) is 15.1. The van der Waals surface area contributed by atoms with Gasteiger partial charge in [-0.1, -0.05) is 11.6 Å². The fourth-order valence-corrected chi connectivity index (χ4v) is 4.46. The summed E-state index contributed by atoms with van der Waals surface area (Å²) in [5.41, 5.74) is 6.59. The molecule has 2 rings (SSSR count). The van der Waals surface area contributed by atoms with Crippen LogP contribution in [0, 0.1) is 6.92 Å². The second kappa shape index (κ2) is 5.52. The van der Waals surface area contributed by atoms with Crippen LogP contribution >= 0.6 is 11.6 Å². The molecule has 0 aliphatic carbocycles. The van der Waals surface area contributed by atoms with E-state index in [1.807, 2.05) is 13.8 Å². The summed E-state index contributed by atoms with van der Waals surface area (Å²) < 4.78 is 32.5. The molecule has 0 saturated carbocycles. The molecule has 7 heteroatoms. The zero-order valence-corrected chi connectivity index (χ0v) is 13.3. The third kappa shape index (κ3) is 2.93. The number of nitrogens with two attached hydrogens (primary N) is 1. The Bertz CT molecular complexity index is 608. The van der Waals surface area contributed by atoms with Crippen molar-refractivity contribution in [2.24, 2.45) is 0 Å². The standard InChI is InChI=1S/C13H19ClN2O3S/c1-8-4-11(14)12(15)5-13(8)20(17,18)16-6-9(2)19-10(3)7-16/h4-5,9-10H,6-7,15H2,1-3H3/t9-,10+. The van der Waals surface area contributed by atoms with E-state index in [0.29, 0.717) is 23.7 Å². The number of hydrogen-bond acceptors (Lipinski definition) is 4. The Kier molecular flexibility index (Phi) is 4.30. The van der Waals surface area contributed by atoms with Crippen molar-refractivity contribution >= 4 is 27.3 Å². The molecule has 0 aromatic heterocycles. The van der Waals surface area contributed by atoms with Crippen LogP contribution in [0.4, 0.5) is 5.69 Å². The van der Waals surface area contributed by atoms with Gasteiger partial charge in [0.25, 0.3) is 0 Å². The highest BCUT2D eigenvalue weighted by Crippen LogP contribution is 2.29. The van der Waals surface area contributed by atoms with Gasteiger partial charge in [0.1, 0.15) is 0 Å². The maximum absolute atomic E-state index is 12.7. The molecular formula is C13H19ClN2O3S. The minimum atomic E-state index is -3.58. The van der Waals surface area contributed by atoms with Gasteiger partial charge in [-0.25, -0.2) is 8.42 Å². The molecule has 2 N–H and O–H groups in total. The Balaban J connectivity index is 2.42. The molecule has 20 heavy (non-hydrogen) atoms. The van der Waals surface area contributed by atoms with Crippen molar-refractivity contribution in [3.63, 3.8) is 0 Å². The summed E-state index contributed by atoms with van der Waals surface area (Å²) in [6.07, 6.45) is -0.253. The van der Waals surface area contributed by atoms with Crippen LogP contribution in [0.5, 0.6) is 0 Å². The molecule has 0 unspecified atom stereocenters. The quantitative estimate of drug-likeness (QED) is 0.847. The van der Waals surface area contributed by atoms with Crippen LogP contribution in [0.2, 0.25) is 5.02 Å². The van der Waals surface area contributed by atoms with E-state index in [2.05, 4.69) is 0 Å². The van der Waals surface area contributed by atoms with Gasteiger partial charge in [-0.05, 0) is 38.5 Å². The number of halogens is 1. The molecule has 1 aliphatic rings. The van der Waals surface area contributed by atoms with E-state index in [9.17, 15) is 8.42 Å². The largest absolute Gasteiger partial charge is 0.397 e. The van der Waals surface area contributed by atoms with Gasteiger partial charge in [-0.15, -0.1) is 0 Å². The third-order valence-electron chi connectivity index (χ3n) is 3.30. The lowest BCUT2D eigenvalue weighted by molar-refractivity contribution is -0.0440. The summed E-state index contributed by atoms with van der Waals surface area (Å²) in [6.45, 7) is 6.12. The fourth-order valence-electron chi connectivity index (χ4n) is 2.41. The summed E-state index contributed by atoms with van der Waals surface area (Å²) in [4.78, 5) is 0.209. The first-order chi connectivity index (χ1) is 9.21. The van der Waals surface area contributed by atoms with E-state index >= 15 is 0 Å². The second-order valence-electron chi connectivity index (χ2n) is 5.22. The van der Waals surface area contributed by atoms with E-state index in [4.69, 9.17) is 22.1 Å². The molecule has 1 aromatic carbocycles. The Labute approximate surface area is 124 Å². The molecular weight excluding hydrogens is 300 g/mol. The summed E-state index contributed by atoms with van der Waals surface area (Å²) in [7, 11) is -3.58. The lowest BCUT2D eigenvalue weighted by atomic mass is 10.2. The van der Waals surface area contributed by atoms with Gasteiger partial charge in [0.15, 0.2) is 0 Å². The first-order valence-electron chi connectivity index (χ1n) is 6.43. The average Bonchev–Trinajstić information content (AvgIpc) is 2.32. The predicted octanol–water partition coefficient (Wildman–Crippen LogP) is 2.03. The van der Waals surface area contributed by atoms with Crippen LogP contribution in [0.1, 0.15) is 19.4 Å². The van der Waals surface area contributed by atoms with Gasteiger partial charge < -0.3 is 10.5 Å². The van der Waals surface area contributed by atoms with E-state index in [1.54, 1.807) is 13.0 Å². The van der Waals surface area contributed by atoms with E-state index in [0.717, 1.165) is 0 Å². The van der Waals surface area contributed by atoms with Gasteiger partial charge in [0.05, 0.1) is 27.8 Å². The number of aryl methyl sites for hydroxylation is 1. The van der Waals surface area contributed by atoms with E-state index in [-0.39, 0.29) is 22.8 Å². The molecule has 1 saturated heterocycles. The van der Waals surface area contributed by atoms with Crippen molar-refractivity contribution in [2.45, 2.75) is 37.9 Å². The number of benzene rings is 1. The molecule has 0 bridgehead atoms. The number of hydrogen-bond donors (Lipinski definition) is 1. The van der Waals surface area contributed by atoms with Crippen LogP contribution in [0.3, 0.4) is 0 Å². The molecule has 0 amide bonds. The van der Waals surface area contributed by atoms with Crippen molar-refractivity contribution in [1.82, 2.24) is 4.31 Å². The third-order valence-corrected chi connectivity index (χ3v) is 5.60. The van der Waals surface area contributed by atoms with E-state index in [1.165, 1.54) is 10.4 Å². The molecule has 1 aromatic rings. The maximum atomic E-state index is 12.7. The molecule has 0 radical (unpaired) electrons. The number of anilines is 1. The smallest absolute Gasteiger partial charge is 0.243 e. The van der Waals surface area contributed by atoms with Crippen molar-refractivity contribution < 1.29 is 13.2 Å². The molecule has 0 spiro atoms. The first kappa shape index (κ1) is 15.6. The van der Waals surface area contributed by atoms with Crippen molar-refractivity contribution in [1.29, 1.82) is 0 Å². The SMILES string of the molecule is Cc1cc(Cl)c(N)cc1S(=O)(=O)N1C[C@@H](C)O[C@@H](C)C1. The van der Waals surface area contributed by atoms with E-state index < -0.39 is 10.0 Å². The minimum absolute atomic E-state index is 0.126. The van der Waals surface area contributed by atoms with Crippen LogP contribution in [-0.2, 0) is 14.8 Å². The summed E-state index contributed by atoms with van der Waals surface area (Å²) >= 11 is 5.91. The highest BCUT2D eigenvalue weighted by atomic mass is 35.5. The van der Waals surface area contributed by atoms with Gasteiger partial charge >= 0.3 is 0 Å². The number of morpholine rings is 1.